The first-order chi connectivity index (χ1) is 10.1. The minimum atomic E-state index is 0.00852. The Morgan fingerprint density at radius 3 is 2.52 bits per heavy atom. The van der Waals surface area contributed by atoms with Gasteiger partial charge in [0.25, 0.3) is 5.91 Å². The van der Waals surface area contributed by atoms with Crippen molar-refractivity contribution in [2.24, 2.45) is 0 Å². The molecule has 0 aliphatic carbocycles. The number of rotatable bonds is 9. The largest absolute Gasteiger partial charge is 0.385 e. The summed E-state index contributed by atoms with van der Waals surface area (Å²) in [6.45, 7) is 13.1. The molecule has 1 aromatic rings. The molecule has 2 N–H and O–H groups in total. The van der Waals surface area contributed by atoms with Crippen molar-refractivity contribution in [3.05, 3.63) is 29.3 Å². The maximum Gasteiger partial charge on any atom is 0.253 e. The highest BCUT2D eigenvalue weighted by atomic mass is 16.1. The van der Waals surface area contributed by atoms with E-state index in [2.05, 4.69) is 29.4 Å². The van der Waals surface area contributed by atoms with Crippen LogP contribution in [0, 0.1) is 6.92 Å². The molecular formula is C17H29N3O. The number of hydrogen-bond donors (Lipinski definition) is 2. The first-order valence-corrected chi connectivity index (χ1v) is 7.97. The molecule has 0 saturated heterocycles. The van der Waals surface area contributed by atoms with Crippen LogP contribution in [0.2, 0.25) is 0 Å². The molecule has 4 nitrogen and oxygen atoms in total. The van der Waals surface area contributed by atoms with Crippen molar-refractivity contribution in [1.29, 1.82) is 0 Å². The van der Waals surface area contributed by atoms with Crippen molar-refractivity contribution in [3.63, 3.8) is 0 Å². The van der Waals surface area contributed by atoms with Crippen LogP contribution in [0.3, 0.4) is 0 Å². The lowest BCUT2D eigenvalue weighted by molar-refractivity contribution is 0.0952. The van der Waals surface area contributed by atoms with Crippen molar-refractivity contribution in [2.45, 2.75) is 34.1 Å². The molecule has 0 unspecified atom stereocenters. The van der Waals surface area contributed by atoms with Crippen LogP contribution in [0.25, 0.3) is 0 Å². The number of aryl methyl sites for hydroxylation is 1. The minimum Gasteiger partial charge on any atom is -0.385 e. The predicted octanol–water partition coefficient (Wildman–Crippen LogP) is 2.89. The Morgan fingerprint density at radius 1 is 1.19 bits per heavy atom. The van der Waals surface area contributed by atoms with Gasteiger partial charge in [0.15, 0.2) is 0 Å². The van der Waals surface area contributed by atoms with Gasteiger partial charge in [-0.1, -0.05) is 25.5 Å². The molecule has 0 aliphatic heterocycles. The van der Waals surface area contributed by atoms with Crippen LogP contribution in [-0.2, 0) is 0 Å². The van der Waals surface area contributed by atoms with Gasteiger partial charge in [0.2, 0.25) is 0 Å². The van der Waals surface area contributed by atoms with Gasteiger partial charge in [-0.3, -0.25) is 4.79 Å². The second-order valence-electron chi connectivity index (χ2n) is 5.22. The summed E-state index contributed by atoms with van der Waals surface area (Å²) in [5, 5.41) is 6.27. The average Bonchev–Trinajstić information content (AvgIpc) is 2.49. The van der Waals surface area contributed by atoms with Crippen molar-refractivity contribution in [3.8, 4) is 0 Å². The number of amides is 1. The summed E-state index contributed by atoms with van der Waals surface area (Å²) < 4.78 is 0. The summed E-state index contributed by atoms with van der Waals surface area (Å²) in [5.41, 5.74) is 2.74. The number of carbonyl (C=O) groups excluding carboxylic acids is 1. The molecule has 1 amide bonds. The Kier molecular flexibility index (Phi) is 7.83. The fourth-order valence-corrected chi connectivity index (χ4v) is 2.33. The molecule has 0 aromatic heterocycles. The number of hydrogen-bond acceptors (Lipinski definition) is 3. The fraction of sp³-hybridized carbons (Fsp3) is 0.588. The molecule has 4 heteroatoms. The lowest BCUT2D eigenvalue weighted by Gasteiger charge is -2.18. The van der Waals surface area contributed by atoms with E-state index in [1.54, 1.807) is 0 Å². The Labute approximate surface area is 128 Å². The van der Waals surface area contributed by atoms with Crippen molar-refractivity contribution >= 4 is 11.6 Å². The Morgan fingerprint density at radius 2 is 1.90 bits per heavy atom. The zero-order chi connectivity index (χ0) is 15.7. The van der Waals surface area contributed by atoms with E-state index in [1.165, 1.54) is 0 Å². The minimum absolute atomic E-state index is 0.00852. The number of nitrogens with zero attached hydrogens (tertiary/aromatic N) is 1. The lowest BCUT2D eigenvalue weighted by atomic mass is 10.1. The van der Waals surface area contributed by atoms with E-state index in [0.717, 1.165) is 56.0 Å². The van der Waals surface area contributed by atoms with Gasteiger partial charge in [0.05, 0.1) is 5.56 Å². The quantitative estimate of drug-likeness (QED) is 0.688. The van der Waals surface area contributed by atoms with Gasteiger partial charge >= 0.3 is 0 Å². The summed E-state index contributed by atoms with van der Waals surface area (Å²) in [6.07, 6.45) is 0.982. The highest BCUT2D eigenvalue weighted by Gasteiger charge is 2.11. The second-order valence-corrected chi connectivity index (χ2v) is 5.22. The zero-order valence-corrected chi connectivity index (χ0v) is 13.8. The van der Waals surface area contributed by atoms with Crippen LogP contribution >= 0.6 is 0 Å². The molecule has 0 heterocycles. The SMILES string of the molecule is CCNc1ccc(C)cc1C(=O)NCCCN(CC)CC. The molecular weight excluding hydrogens is 262 g/mol. The lowest BCUT2D eigenvalue weighted by Crippen LogP contribution is -2.30. The van der Waals surface area contributed by atoms with E-state index >= 15 is 0 Å². The Hall–Kier alpha value is -1.55. The van der Waals surface area contributed by atoms with Gasteiger partial charge in [-0.15, -0.1) is 0 Å². The third-order valence-electron chi connectivity index (χ3n) is 3.62. The van der Waals surface area contributed by atoms with Gasteiger partial charge < -0.3 is 15.5 Å². The third kappa shape index (κ3) is 5.76. The molecule has 0 spiro atoms. The van der Waals surface area contributed by atoms with E-state index in [0.29, 0.717) is 0 Å². The molecule has 0 fully saturated rings. The highest BCUT2D eigenvalue weighted by molar-refractivity contribution is 5.99. The third-order valence-corrected chi connectivity index (χ3v) is 3.62. The molecule has 118 valence electrons. The first kappa shape index (κ1) is 17.5. The van der Waals surface area contributed by atoms with Crippen LogP contribution in [0.1, 0.15) is 43.1 Å². The maximum atomic E-state index is 12.3. The number of nitrogens with one attached hydrogen (secondary N) is 2. The standard InChI is InChI=1S/C17H29N3O/c1-5-18-16-10-9-14(4)13-15(16)17(21)19-11-8-12-20(6-2)7-3/h9-10,13,18H,5-8,11-12H2,1-4H3,(H,19,21). The van der Waals surface area contributed by atoms with Gasteiger partial charge in [0.1, 0.15) is 0 Å². The molecule has 21 heavy (non-hydrogen) atoms. The van der Waals surface area contributed by atoms with E-state index in [-0.39, 0.29) is 5.91 Å². The summed E-state index contributed by atoms with van der Waals surface area (Å²) in [7, 11) is 0. The van der Waals surface area contributed by atoms with Gasteiger partial charge in [-0.25, -0.2) is 0 Å². The molecule has 0 radical (unpaired) electrons. The summed E-state index contributed by atoms with van der Waals surface area (Å²) in [5.74, 6) is 0.00852. The molecule has 1 rings (SSSR count). The Balaban J connectivity index is 2.53. The molecule has 0 atom stereocenters. The number of anilines is 1. The molecule has 1 aromatic carbocycles. The molecule has 0 aliphatic rings. The summed E-state index contributed by atoms with van der Waals surface area (Å²) in [4.78, 5) is 14.7. The number of carbonyl (C=O) groups is 1. The Bertz CT molecular complexity index is 442. The van der Waals surface area contributed by atoms with Gasteiger partial charge in [-0.05, 0) is 52.0 Å². The first-order valence-electron chi connectivity index (χ1n) is 7.97. The summed E-state index contributed by atoms with van der Waals surface area (Å²) >= 11 is 0. The second kappa shape index (κ2) is 9.40. The van der Waals surface area contributed by atoms with E-state index in [9.17, 15) is 4.79 Å². The molecule has 0 bridgehead atoms. The average molecular weight is 291 g/mol. The predicted molar refractivity (Wildman–Crippen MR) is 90.1 cm³/mol. The topological polar surface area (TPSA) is 44.4 Å². The maximum absolute atomic E-state index is 12.3. The van der Waals surface area contributed by atoms with E-state index in [1.807, 2.05) is 32.0 Å². The van der Waals surface area contributed by atoms with Crippen LogP contribution in [0.5, 0.6) is 0 Å². The molecule has 0 saturated carbocycles. The number of benzene rings is 1. The monoisotopic (exact) mass is 291 g/mol. The highest BCUT2D eigenvalue weighted by Crippen LogP contribution is 2.17. The fourth-order valence-electron chi connectivity index (χ4n) is 2.33. The van der Waals surface area contributed by atoms with E-state index in [4.69, 9.17) is 0 Å². The van der Waals surface area contributed by atoms with Crippen molar-refractivity contribution < 1.29 is 4.79 Å². The van der Waals surface area contributed by atoms with Crippen LogP contribution in [-0.4, -0.2) is 43.5 Å². The zero-order valence-electron chi connectivity index (χ0n) is 13.8. The van der Waals surface area contributed by atoms with Crippen LogP contribution in [0.15, 0.2) is 18.2 Å². The normalized spacial score (nSPS) is 10.7. The van der Waals surface area contributed by atoms with Crippen LogP contribution < -0.4 is 10.6 Å². The van der Waals surface area contributed by atoms with Gasteiger partial charge in [-0.2, -0.15) is 0 Å². The van der Waals surface area contributed by atoms with Crippen molar-refractivity contribution in [1.82, 2.24) is 10.2 Å². The van der Waals surface area contributed by atoms with Crippen LogP contribution in [0.4, 0.5) is 5.69 Å². The van der Waals surface area contributed by atoms with E-state index < -0.39 is 0 Å². The summed E-state index contributed by atoms with van der Waals surface area (Å²) in [6, 6.07) is 5.94. The van der Waals surface area contributed by atoms with Crippen molar-refractivity contribution in [2.75, 3.05) is 38.0 Å². The smallest absolute Gasteiger partial charge is 0.253 e. The van der Waals surface area contributed by atoms with Gasteiger partial charge in [0, 0.05) is 18.8 Å².